The van der Waals surface area contributed by atoms with Gasteiger partial charge in [0.05, 0.1) is 18.8 Å². The Kier molecular flexibility index (Phi) is 4.33. The monoisotopic (exact) mass is 352 g/mol. The average Bonchev–Trinajstić information content (AvgIpc) is 3.03. The van der Waals surface area contributed by atoms with Gasteiger partial charge in [-0.2, -0.15) is 0 Å². The van der Waals surface area contributed by atoms with Crippen molar-refractivity contribution in [2.75, 3.05) is 0 Å². The van der Waals surface area contributed by atoms with Crippen LogP contribution >= 0.6 is 12.2 Å². The highest BCUT2D eigenvalue weighted by Crippen LogP contribution is 2.35. The van der Waals surface area contributed by atoms with Gasteiger partial charge in [-0.15, -0.1) is 0 Å². The van der Waals surface area contributed by atoms with Crippen LogP contribution in [0.3, 0.4) is 0 Å². The second kappa shape index (κ2) is 6.29. The molecule has 1 saturated heterocycles. The second-order valence-corrected chi connectivity index (χ2v) is 5.82. The summed E-state index contributed by atoms with van der Waals surface area (Å²) in [6.45, 7) is 4.32. The molecule has 0 aliphatic carbocycles. The van der Waals surface area contributed by atoms with Crippen molar-refractivity contribution in [3.63, 3.8) is 0 Å². The quantitative estimate of drug-likeness (QED) is 0.650. The summed E-state index contributed by atoms with van der Waals surface area (Å²) >= 11 is 5.14. The van der Waals surface area contributed by atoms with Crippen LogP contribution in [0.2, 0.25) is 0 Å². The third-order valence-electron chi connectivity index (χ3n) is 3.68. The first-order valence-electron chi connectivity index (χ1n) is 7.28. The molecule has 0 spiro atoms. The molecule has 2 aromatic heterocycles. The zero-order valence-corrected chi connectivity index (χ0v) is 14.1. The fraction of sp³-hybridized carbons (Fsp3) is 0.500. The van der Waals surface area contributed by atoms with E-state index in [1.165, 1.54) is 26.5 Å². The molecule has 1 aliphatic heterocycles. The number of fused-ring (bicyclic) bond motifs is 1. The number of aromatic amines is 1. The normalized spacial score (nSPS) is 26.5. The number of hydrogen-bond acceptors (Lipinski definition) is 8. The molecule has 3 heterocycles. The van der Waals surface area contributed by atoms with E-state index in [4.69, 9.17) is 26.4 Å². The average molecular weight is 352 g/mol. The standard InChI is InChI=1S/C14H16N4O5S/c1-6-10(22-7(2)19)11(23-8(3)20)14(21-6)18-5-17-9-12(18)15-4-16-13(9)24/h4-6,10-11,14H,1-3H3,(H,15,16,24)/t6-,10-,11-,14+/m0/s1. The van der Waals surface area contributed by atoms with Gasteiger partial charge >= 0.3 is 11.9 Å². The van der Waals surface area contributed by atoms with Crippen molar-refractivity contribution < 1.29 is 23.8 Å². The molecule has 2 aromatic rings. The number of rotatable bonds is 3. The maximum atomic E-state index is 11.5. The van der Waals surface area contributed by atoms with Gasteiger partial charge in [-0.25, -0.2) is 9.97 Å². The van der Waals surface area contributed by atoms with Crippen LogP contribution in [0.1, 0.15) is 27.0 Å². The molecule has 3 rings (SSSR count). The van der Waals surface area contributed by atoms with Crippen molar-refractivity contribution in [1.82, 2.24) is 19.5 Å². The molecular weight excluding hydrogens is 336 g/mol. The van der Waals surface area contributed by atoms with E-state index in [0.29, 0.717) is 15.8 Å². The lowest BCUT2D eigenvalue weighted by molar-refractivity contribution is -0.165. The van der Waals surface area contributed by atoms with Crippen molar-refractivity contribution in [2.45, 2.75) is 45.3 Å². The highest BCUT2D eigenvalue weighted by Gasteiger charge is 2.48. The summed E-state index contributed by atoms with van der Waals surface area (Å²) in [6.07, 6.45) is 0.248. The first-order valence-corrected chi connectivity index (χ1v) is 7.69. The minimum Gasteiger partial charge on any atom is -0.456 e. The zero-order valence-electron chi connectivity index (χ0n) is 13.3. The molecule has 1 fully saturated rings. The Morgan fingerprint density at radius 2 is 1.92 bits per heavy atom. The number of aromatic nitrogens is 4. The van der Waals surface area contributed by atoms with Gasteiger partial charge < -0.3 is 19.2 Å². The summed E-state index contributed by atoms with van der Waals surface area (Å²) in [4.78, 5) is 34.0. The Hall–Kier alpha value is -2.33. The lowest BCUT2D eigenvalue weighted by Gasteiger charge is -2.23. The van der Waals surface area contributed by atoms with E-state index in [9.17, 15) is 9.59 Å². The van der Waals surface area contributed by atoms with Gasteiger partial charge in [0.1, 0.15) is 11.2 Å². The van der Waals surface area contributed by atoms with Gasteiger partial charge in [0.15, 0.2) is 23.1 Å². The minimum absolute atomic E-state index is 0.342. The highest BCUT2D eigenvalue weighted by molar-refractivity contribution is 7.71. The van der Waals surface area contributed by atoms with E-state index in [0.717, 1.165) is 0 Å². The number of ether oxygens (including phenoxy) is 3. The summed E-state index contributed by atoms with van der Waals surface area (Å²) < 4.78 is 18.5. The highest BCUT2D eigenvalue weighted by atomic mass is 32.1. The van der Waals surface area contributed by atoms with Crippen molar-refractivity contribution in [3.8, 4) is 0 Å². The van der Waals surface area contributed by atoms with Gasteiger partial charge in [0.2, 0.25) is 0 Å². The van der Waals surface area contributed by atoms with Gasteiger partial charge in [-0.3, -0.25) is 14.2 Å². The molecule has 128 valence electrons. The van der Waals surface area contributed by atoms with Crippen LogP contribution in [0, 0.1) is 4.64 Å². The maximum Gasteiger partial charge on any atom is 0.303 e. The molecule has 0 bridgehead atoms. The number of nitrogens with one attached hydrogen (secondary N) is 1. The number of nitrogens with zero attached hydrogens (tertiary/aromatic N) is 3. The summed E-state index contributed by atoms with van der Waals surface area (Å²) in [5.74, 6) is -0.980. The Balaban J connectivity index is 2.03. The molecule has 24 heavy (non-hydrogen) atoms. The number of carbonyl (C=O) groups is 2. The van der Waals surface area contributed by atoms with E-state index in [-0.39, 0.29) is 0 Å². The van der Waals surface area contributed by atoms with Crippen molar-refractivity contribution >= 4 is 35.3 Å². The molecule has 0 saturated carbocycles. The van der Waals surface area contributed by atoms with Crippen LogP contribution in [0.5, 0.6) is 0 Å². The summed E-state index contributed by atoms with van der Waals surface area (Å²) in [6, 6.07) is 0. The maximum absolute atomic E-state index is 11.5. The lowest BCUT2D eigenvalue weighted by atomic mass is 10.1. The minimum atomic E-state index is -0.811. The van der Waals surface area contributed by atoms with Gasteiger partial charge in [0, 0.05) is 13.8 Å². The zero-order chi connectivity index (χ0) is 17.4. The van der Waals surface area contributed by atoms with E-state index in [1.807, 2.05) is 0 Å². The molecule has 0 aromatic carbocycles. The van der Waals surface area contributed by atoms with Crippen molar-refractivity contribution in [1.29, 1.82) is 0 Å². The Morgan fingerprint density at radius 1 is 1.25 bits per heavy atom. The van der Waals surface area contributed by atoms with Crippen LogP contribution in [0.25, 0.3) is 11.2 Å². The predicted molar refractivity (Wildman–Crippen MR) is 83.4 cm³/mol. The van der Waals surface area contributed by atoms with Crippen molar-refractivity contribution in [3.05, 3.63) is 17.3 Å². The Morgan fingerprint density at radius 3 is 2.58 bits per heavy atom. The molecule has 10 heteroatoms. The molecule has 1 aliphatic rings. The molecule has 0 radical (unpaired) electrons. The number of esters is 2. The molecular formula is C14H16N4O5S. The number of imidazole rings is 1. The van der Waals surface area contributed by atoms with E-state index in [1.54, 1.807) is 11.5 Å². The van der Waals surface area contributed by atoms with Gasteiger partial charge in [-0.05, 0) is 6.92 Å². The molecule has 4 atom stereocenters. The molecule has 1 N–H and O–H groups in total. The van der Waals surface area contributed by atoms with Gasteiger partial charge in [0.25, 0.3) is 0 Å². The number of carbonyl (C=O) groups excluding carboxylic acids is 2. The molecule has 0 unspecified atom stereocenters. The molecule has 9 nitrogen and oxygen atoms in total. The first kappa shape index (κ1) is 16.5. The predicted octanol–water partition coefficient (Wildman–Crippen LogP) is 1.27. The van der Waals surface area contributed by atoms with Crippen LogP contribution in [0.4, 0.5) is 0 Å². The Bertz CT molecular complexity index is 847. The van der Waals surface area contributed by atoms with Crippen LogP contribution < -0.4 is 0 Å². The third-order valence-corrected chi connectivity index (χ3v) is 3.98. The van der Waals surface area contributed by atoms with E-state index < -0.39 is 36.5 Å². The van der Waals surface area contributed by atoms with Gasteiger partial charge in [-0.1, -0.05) is 12.2 Å². The first-order chi connectivity index (χ1) is 11.4. The number of H-pyrrole nitrogens is 1. The third kappa shape index (κ3) is 2.89. The Labute approximate surface area is 141 Å². The molecule has 0 amide bonds. The summed E-state index contributed by atoms with van der Waals surface area (Å²) in [5, 5.41) is 0. The van der Waals surface area contributed by atoms with Crippen LogP contribution in [0.15, 0.2) is 12.7 Å². The SMILES string of the molecule is CC(=O)O[C@@H]1[C@H](OC(C)=O)[C@H](n2cnc3c(=S)nc[nH]c32)O[C@H]1C. The van der Waals surface area contributed by atoms with Crippen LogP contribution in [-0.4, -0.2) is 49.8 Å². The fourth-order valence-corrected chi connectivity index (χ4v) is 2.97. The largest absolute Gasteiger partial charge is 0.456 e. The van der Waals surface area contributed by atoms with Crippen LogP contribution in [-0.2, 0) is 23.8 Å². The van der Waals surface area contributed by atoms with E-state index >= 15 is 0 Å². The fourth-order valence-electron chi connectivity index (χ4n) is 2.77. The number of hydrogen-bond donors (Lipinski definition) is 1. The topological polar surface area (TPSA) is 108 Å². The summed E-state index contributed by atoms with van der Waals surface area (Å²) in [5.41, 5.74) is 1.08. The summed E-state index contributed by atoms with van der Waals surface area (Å²) in [7, 11) is 0. The smallest absolute Gasteiger partial charge is 0.303 e. The van der Waals surface area contributed by atoms with E-state index in [2.05, 4.69) is 15.0 Å². The lowest BCUT2D eigenvalue weighted by Crippen LogP contribution is -2.38. The second-order valence-electron chi connectivity index (χ2n) is 5.44. The van der Waals surface area contributed by atoms with Crippen molar-refractivity contribution in [2.24, 2.45) is 0 Å².